The van der Waals surface area contributed by atoms with Gasteiger partial charge >= 0.3 is 0 Å². The average Bonchev–Trinajstić information content (AvgIpc) is 2.46. The van der Waals surface area contributed by atoms with Crippen LogP contribution in [-0.2, 0) is 0 Å². The number of anilines is 1. The number of hydrogen-bond acceptors (Lipinski definition) is 1. The summed E-state index contributed by atoms with van der Waals surface area (Å²) in [7, 11) is 0. The first-order valence-corrected chi connectivity index (χ1v) is 6.80. The van der Waals surface area contributed by atoms with Crippen molar-refractivity contribution >= 4 is 17.7 Å². The van der Waals surface area contributed by atoms with Crippen LogP contribution in [-0.4, -0.2) is 5.91 Å². The van der Waals surface area contributed by atoms with Gasteiger partial charge in [-0.1, -0.05) is 56.3 Å². The zero-order valence-electron chi connectivity index (χ0n) is 11.8. The van der Waals surface area contributed by atoms with Gasteiger partial charge in [-0.25, -0.2) is 0 Å². The Morgan fingerprint density at radius 3 is 2.25 bits per heavy atom. The van der Waals surface area contributed by atoms with Gasteiger partial charge in [0.1, 0.15) is 0 Å². The lowest BCUT2D eigenvalue weighted by molar-refractivity contribution is 0.102. The van der Waals surface area contributed by atoms with E-state index < -0.39 is 0 Å². The maximum absolute atomic E-state index is 12.1. The summed E-state index contributed by atoms with van der Waals surface area (Å²) in [5, 5.41) is 2.87. The smallest absolute Gasteiger partial charge is 0.255 e. The zero-order chi connectivity index (χ0) is 14.4. The van der Waals surface area contributed by atoms with Crippen LogP contribution in [0.3, 0.4) is 0 Å². The monoisotopic (exact) mass is 265 g/mol. The summed E-state index contributed by atoms with van der Waals surface area (Å²) in [5.41, 5.74) is 2.58. The van der Waals surface area contributed by atoms with Crippen molar-refractivity contribution in [1.82, 2.24) is 0 Å². The maximum Gasteiger partial charge on any atom is 0.255 e. The van der Waals surface area contributed by atoms with Crippen molar-refractivity contribution in [1.29, 1.82) is 0 Å². The Balaban J connectivity index is 2.04. The van der Waals surface area contributed by atoms with Crippen LogP contribution in [0.1, 0.15) is 29.8 Å². The summed E-state index contributed by atoms with van der Waals surface area (Å²) < 4.78 is 0. The SMILES string of the molecule is CC(C)C=Cc1ccc(C(=O)Nc2ccccc2)cc1. The molecule has 0 aliphatic heterocycles. The molecule has 0 saturated heterocycles. The molecule has 0 bridgehead atoms. The fourth-order valence-corrected chi connectivity index (χ4v) is 1.77. The first-order chi connectivity index (χ1) is 9.65. The van der Waals surface area contributed by atoms with Gasteiger partial charge in [-0.15, -0.1) is 0 Å². The molecule has 0 unspecified atom stereocenters. The Morgan fingerprint density at radius 1 is 1.00 bits per heavy atom. The lowest BCUT2D eigenvalue weighted by Crippen LogP contribution is -2.11. The van der Waals surface area contributed by atoms with Crippen molar-refractivity contribution in [2.75, 3.05) is 5.32 Å². The number of para-hydroxylation sites is 1. The highest BCUT2D eigenvalue weighted by molar-refractivity contribution is 6.04. The number of amides is 1. The largest absolute Gasteiger partial charge is 0.322 e. The van der Waals surface area contributed by atoms with Crippen LogP contribution in [0.25, 0.3) is 6.08 Å². The molecule has 2 rings (SSSR count). The van der Waals surface area contributed by atoms with E-state index in [1.807, 2.05) is 54.6 Å². The van der Waals surface area contributed by atoms with Crippen molar-refractivity contribution in [2.24, 2.45) is 5.92 Å². The molecule has 1 N–H and O–H groups in total. The van der Waals surface area contributed by atoms with Crippen molar-refractivity contribution in [3.63, 3.8) is 0 Å². The summed E-state index contributed by atoms with van der Waals surface area (Å²) in [5.74, 6) is 0.437. The van der Waals surface area contributed by atoms with E-state index in [2.05, 4.69) is 31.3 Å². The van der Waals surface area contributed by atoms with E-state index >= 15 is 0 Å². The topological polar surface area (TPSA) is 29.1 Å². The molecule has 102 valence electrons. The second-order valence-corrected chi connectivity index (χ2v) is 5.05. The van der Waals surface area contributed by atoms with E-state index in [1.54, 1.807) is 0 Å². The van der Waals surface area contributed by atoms with Crippen LogP contribution < -0.4 is 5.32 Å². The molecule has 1 amide bonds. The highest BCUT2D eigenvalue weighted by Gasteiger charge is 2.04. The minimum atomic E-state index is -0.0874. The molecule has 0 spiro atoms. The Labute approximate surface area is 120 Å². The summed E-state index contributed by atoms with van der Waals surface area (Å²) in [6, 6.07) is 17.1. The predicted molar refractivity (Wildman–Crippen MR) is 84.7 cm³/mol. The number of hydrogen-bond donors (Lipinski definition) is 1. The maximum atomic E-state index is 12.1. The summed E-state index contributed by atoms with van der Waals surface area (Å²) >= 11 is 0. The molecule has 2 nitrogen and oxygen atoms in total. The second-order valence-electron chi connectivity index (χ2n) is 5.05. The number of allylic oxidation sites excluding steroid dienone is 1. The van der Waals surface area contributed by atoms with Gasteiger partial charge in [-0.3, -0.25) is 4.79 Å². The third-order valence-electron chi connectivity index (χ3n) is 2.88. The van der Waals surface area contributed by atoms with Crippen LogP contribution in [0, 0.1) is 5.92 Å². The number of nitrogens with one attached hydrogen (secondary N) is 1. The minimum absolute atomic E-state index is 0.0874. The summed E-state index contributed by atoms with van der Waals surface area (Å²) in [6.07, 6.45) is 4.21. The molecule has 0 aliphatic rings. The fourth-order valence-electron chi connectivity index (χ4n) is 1.77. The molecule has 0 radical (unpaired) electrons. The molecule has 20 heavy (non-hydrogen) atoms. The van der Waals surface area contributed by atoms with Gasteiger partial charge in [0.25, 0.3) is 5.91 Å². The van der Waals surface area contributed by atoms with Gasteiger partial charge in [0.15, 0.2) is 0 Å². The summed E-state index contributed by atoms with van der Waals surface area (Å²) in [6.45, 7) is 4.27. The highest BCUT2D eigenvalue weighted by atomic mass is 16.1. The van der Waals surface area contributed by atoms with Crippen molar-refractivity contribution in [3.8, 4) is 0 Å². The number of rotatable bonds is 4. The lowest BCUT2D eigenvalue weighted by atomic mass is 10.1. The Hall–Kier alpha value is -2.35. The standard InChI is InChI=1S/C18H19NO/c1-14(2)8-9-15-10-12-16(13-11-15)18(20)19-17-6-4-3-5-7-17/h3-14H,1-2H3,(H,19,20). The van der Waals surface area contributed by atoms with Crippen molar-refractivity contribution < 1.29 is 4.79 Å². The first kappa shape index (κ1) is 14.1. The van der Waals surface area contributed by atoms with Crippen LogP contribution in [0.4, 0.5) is 5.69 Å². The third-order valence-corrected chi connectivity index (χ3v) is 2.88. The fraction of sp³-hybridized carbons (Fsp3) is 0.167. The molecule has 2 heteroatoms. The van der Waals surface area contributed by atoms with E-state index in [1.165, 1.54) is 0 Å². The molecule has 2 aromatic rings. The Kier molecular flexibility index (Phi) is 4.72. The van der Waals surface area contributed by atoms with Crippen molar-refractivity contribution in [2.45, 2.75) is 13.8 Å². The lowest BCUT2D eigenvalue weighted by Gasteiger charge is -2.05. The van der Waals surface area contributed by atoms with E-state index in [4.69, 9.17) is 0 Å². The van der Waals surface area contributed by atoms with Gasteiger partial charge in [0.05, 0.1) is 0 Å². The molecule has 0 aromatic heterocycles. The molecule has 0 aliphatic carbocycles. The highest BCUT2D eigenvalue weighted by Crippen LogP contribution is 2.11. The average molecular weight is 265 g/mol. The molecule has 0 atom stereocenters. The van der Waals surface area contributed by atoms with E-state index in [0.29, 0.717) is 11.5 Å². The second kappa shape index (κ2) is 6.71. The number of benzene rings is 2. The van der Waals surface area contributed by atoms with Crippen LogP contribution in [0.2, 0.25) is 0 Å². The number of carbonyl (C=O) groups excluding carboxylic acids is 1. The normalized spacial score (nSPS) is 10.9. The minimum Gasteiger partial charge on any atom is -0.322 e. The van der Waals surface area contributed by atoms with E-state index in [-0.39, 0.29) is 5.91 Å². The predicted octanol–water partition coefficient (Wildman–Crippen LogP) is 4.61. The molecule has 0 fully saturated rings. The molecule has 0 heterocycles. The van der Waals surface area contributed by atoms with Gasteiger partial charge in [0.2, 0.25) is 0 Å². The number of carbonyl (C=O) groups is 1. The first-order valence-electron chi connectivity index (χ1n) is 6.80. The Bertz CT molecular complexity index is 583. The molecule has 2 aromatic carbocycles. The van der Waals surface area contributed by atoms with Crippen molar-refractivity contribution in [3.05, 3.63) is 71.8 Å². The zero-order valence-corrected chi connectivity index (χ0v) is 11.8. The molecule has 0 saturated carbocycles. The van der Waals surface area contributed by atoms with Gasteiger partial charge < -0.3 is 5.32 Å². The van der Waals surface area contributed by atoms with E-state index in [0.717, 1.165) is 11.3 Å². The van der Waals surface area contributed by atoms with Gasteiger partial charge in [0, 0.05) is 11.3 Å². The Morgan fingerprint density at radius 2 is 1.65 bits per heavy atom. The molecular weight excluding hydrogens is 246 g/mol. The van der Waals surface area contributed by atoms with Gasteiger partial charge in [-0.2, -0.15) is 0 Å². The third kappa shape index (κ3) is 4.09. The van der Waals surface area contributed by atoms with Crippen LogP contribution in [0.5, 0.6) is 0 Å². The quantitative estimate of drug-likeness (QED) is 0.859. The summed E-state index contributed by atoms with van der Waals surface area (Å²) in [4.78, 5) is 12.1. The van der Waals surface area contributed by atoms with Crippen LogP contribution in [0.15, 0.2) is 60.7 Å². The van der Waals surface area contributed by atoms with Gasteiger partial charge in [-0.05, 0) is 35.7 Å². The molecular formula is C18H19NO. The van der Waals surface area contributed by atoms with E-state index in [9.17, 15) is 4.79 Å². The van der Waals surface area contributed by atoms with Crippen LogP contribution >= 0.6 is 0 Å².